The van der Waals surface area contributed by atoms with Crippen LogP contribution in [0.25, 0.3) is 0 Å². The van der Waals surface area contributed by atoms with E-state index in [1.54, 1.807) is 6.07 Å². The minimum Gasteiger partial charge on any atom is -0.490 e. The molecule has 28 heavy (non-hydrogen) atoms. The summed E-state index contributed by atoms with van der Waals surface area (Å²) in [5.74, 6) is -1.11. The number of anilines is 1. The lowest BCUT2D eigenvalue weighted by atomic mass is 9.95. The first-order valence-corrected chi connectivity index (χ1v) is 9.72. The summed E-state index contributed by atoms with van der Waals surface area (Å²) in [6, 6.07) is 8.01. The molecule has 0 radical (unpaired) electrons. The summed E-state index contributed by atoms with van der Waals surface area (Å²) >= 11 is 0. The summed E-state index contributed by atoms with van der Waals surface area (Å²) < 4.78 is 34.3. The van der Waals surface area contributed by atoms with E-state index in [0.29, 0.717) is 30.8 Å². The van der Waals surface area contributed by atoms with Crippen molar-refractivity contribution in [1.82, 2.24) is 0 Å². The van der Waals surface area contributed by atoms with Crippen LogP contribution in [0.5, 0.6) is 5.75 Å². The van der Waals surface area contributed by atoms with Gasteiger partial charge in [-0.2, -0.15) is 0 Å². The zero-order valence-electron chi connectivity index (χ0n) is 15.6. The number of fused-ring (bicyclic) bond motifs is 1. The molecule has 6 heteroatoms. The van der Waals surface area contributed by atoms with Crippen LogP contribution in [0.4, 0.5) is 14.5 Å². The summed E-state index contributed by atoms with van der Waals surface area (Å²) in [5.41, 5.74) is 3.06. The number of aryl methyl sites for hydroxylation is 1. The van der Waals surface area contributed by atoms with Gasteiger partial charge in [0, 0.05) is 37.3 Å². The molecule has 1 aliphatic heterocycles. The van der Waals surface area contributed by atoms with Crippen molar-refractivity contribution in [3.63, 3.8) is 0 Å². The number of hydrogen-bond acceptors (Lipinski definition) is 3. The second-order valence-electron chi connectivity index (χ2n) is 7.59. The number of carboxylic acid groups (broad SMARTS) is 1. The quantitative estimate of drug-likeness (QED) is 0.794. The third-order valence-electron chi connectivity index (χ3n) is 5.57. The Kier molecular flexibility index (Phi) is 5.20. The molecule has 1 saturated carbocycles. The van der Waals surface area contributed by atoms with Gasteiger partial charge in [0.15, 0.2) is 0 Å². The lowest BCUT2D eigenvalue weighted by Crippen LogP contribution is -2.31. The van der Waals surface area contributed by atoms with Gasteiger partial charge in [0.05, 0.1) is 6.10 Å². The van der Waals surface area contributed by atoms with E-state index in [2.05, 4.69) is 0 Å². The lowest BCUT2D eigenvalue weighted by Gasteiger charge is -2.32. The summed E-state index contributed by atoms with van der Waals surface area (Å²) in [6.45, 7) is 1.17. The van der Waals surface area contributed by atoms with Crippen LogP contribution in [0.2, 0.25) is 0 Å². The molecule has 0 amide bonds. The Morgan fingerprint density at radius 1 is 1.14 bits per heavy atom. The van der Waals surface area contributed by atoms with Gasteiger partial charge in [0.2, 0.25) is 0 Å². The van der Waals surface area contributed by atoms with Crippen LogP contribution in [0, 0.1) is 11.6 Å². The van der Waals surface area contributed by atoms with E-state index in [9.17, 15) is 13.6 Å². The largest absolute Gasteiger partial charge is 0.490 e. The van der Waals surface area contributed by atoms with Gasteiger partial charge in [-0.1, -0.05) is 6.07 Å². The van der Waals surface area contributed by atoms with Gasteiger partial charge in [0.25, 0.3) is 0 Å². The maximum absolute atomic E-state index is 14.4. The van der Waals surface area contributed by atoms with E-state index < -0.39 is 5.97 Å². The van der Waals surface area contributed by atoms with E-state index in [0.717, 1.165) is 36.1 Å². The lowest BCUT2D eigenvalue weighted by molar-refractivity contribution is -0.136. The molecule has 0 unspecified atom stereocenters. The summed E-state index contributed by atoms with van der Waals surface area (Å²) in [4.78, 5) is 12.8. The van der Waals surface area contributed by atoms with Gasteiger partial charge in [0.1, 0.15) is 17.4 Å². The monoisotopic (exact) mass is 387 g/mol. The molecule has 148 valence electrons. The van der Waals surface area contributed by atoms with Crippen LogP contribution in [-0.4, -0.2) is 23.7 Å². The SMILES string of the molecule is O=C(O)CCc1cc2c(cc1F)CN(c1cc(F)cc(OC3CCC3)c1)CC2. The highest BCUT2D eigenvalue weighted by molar-refractivity contribution is 5.67. The molecule has 2 aromatic rings. The van der Waals surface area contributed by atoms with Crippen LogP contribution in [0.1, 0.15) is 42.4 Å². The number of nitrogens with zero attached hydrogens (tertiary/aromatic N) is 1. The van der Waals surface area contributed by atoms with Crippen molar-refractivity contribution in [3.8, 4) is 5.75 Å². The van der Waals surface area contributed by atoms with Crippen molar-refractivity contribution in [1.29, 1.82) is 0 Å². The fraction of sp³-hybridized carbons (Fsp3) is 0.409. The van der Waals surface area contributed by atoms with Gasteiger partial charge in [-0.05, 0) is 60.9 Å². The highest BCUT2D eigenvalue weighted by Gasteiger charge is 2.22. The summed E-state index contributed by atoms with van der Waals surface area (Å²) in [7, 11) is 0. The zero-order chi connectivity index (χ0) is 19.7. The molecule has 1 N–H and O–H groups in total. The van der Waals surface area contributed by atoms with Crippen molar-refractivity contribution in [2.24, 2.45) is 0 Å². The van der Waals surface area contributed by atoms with Crippen molar-refractivity contribution in [2.45, 2.75) is 51.2 Å². The van der Waals surface area contributed by atoms with Crippen LogP contribution in [-0.2, 0) is 24.2 Å². The van der Waals surface area contributed by atoms with Gasteiger partial charge >= 0.3 is 5.97 Å². The standard InChI is InChI=1S/C22H23F2NO3/c23-17-10-18(12-20(11-17)28-19-2-1-3-19)25-7-6-14-8-15(4-5-22(26)27)21(24)9-16(14)13-25/h8-12,19H,1-7,13H2,(H,26,27). The fourth-order valence-electron chi connectivity index (χ4n) is 3.76. The molecule has 0 bridgehead atoms. The van der Waals surface area contributed by atoms with E-state index >= 15 is 0 Å². The Balaban J connectivity index is 1.52. The molecule has 0 atom stereocenters. The Morgan fingerprint density at radius 2 is 1.96 bits per heavy atom. The third-order valence-corrected chi connectivity index (χ3v) is 5.57. The van der Waals surface area contributed by atoms with E-state index in [1.165, 1.54) is 18.2 Å². The van der Waals surface area contributed by atoms with Crippen LogP contribution in [0.15, 0.2) is 30.3 Å². The van der Waals surface area contributed by atoms with Crippen molar-refractivity contribution >= 4 is 11.7 Å². The Morgan fingerprint density at radius 3 is 2.68 bits per heavy atom. The third kappa shape index (κ3) is 4.11. The second-order valence-corrected chi connectivity index (χ2v) is 7.59. The van der Waals surface area contributed by atoms with Crippen molar-refractivity contribution < 1.29 is 23.4 Å². The Labute approximate surface area is 162 Å². The molecular weight excluding hydrogens is 364 g/mol. The average Bonchev–Trinajstić information content (AvgIpc) is 2.62. The number of carbonyl (C=O) groups is 1. The molecule has 0 saturated heterocycles. The molecular formula is C22H23F2NO3. The maximum atomic E-state index is 14.4. The first-order chi connectivity index (χ1) is 13.5. The fourth-order valence-corrected chi connectivity index (χ4v) is 3.76. The molecule has 4 rings (SSSR count). The zero-order valence-corrected chi connectivity index (χ0v) is 15.6. The molecule has 0 aromatic heterocycles. The molecule has 1 heterocycles. The van der Waals surface area contributed by atoms with Crippen molar-refractivity contribution in [2.75, 3.05) is 11.4 Å². The Bertz CT molecular complexity index is 896. The van der Waals surface area contributed by atoms with Crippen LogP contribution < -0.4 is 9.64 Å². The maximum Gasteiger partial charge on any atom is 0.303 e. The number of rotatable bonds is 6. The molecule has 1 aliphatic carbocycles. The van der Waals surface area contributed by atoms with Crippen molar-refractivity contribution in [3.05, 3.63) is 58.7 Å². The topological polar surface area (TPSA) is 49.8 Å². The average molecular weight is 387 g/mol. The van der Waals surface area contributed by atoms with E-state index in [1.807, 2.05) is 11.0 Å². The van der Waals surface area contributed by atoms with Gasteiger partial charge in [-0.25, -0.2) is 8.78 Å². The second kappa shape index (κ2) is 7.78. The summed E-state index contributed by atoms with van der Waals surface area (Å²) in [5, 5.41) is 8.81. The smallest absolute Gasteiger partial charge is 0.303 e. The molecule has 1 fully saturated rings. The Hall–Kier alpha value is -2.63. The molecule has 0 spiro atoms. The normalized spacial score (nSPS) is 16.4. The predicted molar refractivity (Wildman–Crippen MR) is 102 cm³/mol. The summed E-state index contributed by atoms with van der Waals surface area (Å²) in [6.07, 6.45) is 4.13. The van der Waals surface area contributed by atoms with Crippen LogP contribution in [0.3, 0.4) is 0 Å². The van der Waals surface area contributed by atoms with Gasteiger partial charge in [-0.3, -0.25) is 4.79 Å². The van der Waals surface area contributed by atoms with Crippen LogP contribution >= 0.6 is 0 Å². The van der Waals surface area contributed by atoms with E-state index in [4.69, 9.17) is 9.84 Å². The predicted octanol–water partition coefficient (Wildman–Crippen LogP) is 4.48. The van der Waals surface area contributed by atoms with Gasteiger partial charge in [-0.15, -0.1) is 0 Å². The number of halogens is 2. The number of ether oxygens (including phenoxy) is 1. The number of carboxylic acids is 1. The highest BCUT2D eigenvalue weighted by atomic mass is 19.1. The highest BCUT2D eigenvalue weighted by Crippen LogP contribution is 2.32. The molecule has 4 nitrogen and oxygen atoms in total. The number of aliphatic carboxylic acids is 1. The first kappa shape index (κ1) is 18.7. The van der Waals surface area contributed by atoms with E-state index in [-0.39, 0.29) is 30.6 Å². The minimum absolute atomic E-state index is 0.0884. The van der Waals surface area contributed by atoms with Gasteiger partial charge < -0.3 is 14.7 Å². The molecule has 2 aliphatic rings. The minimum atomic E-state index is -0.936. The number of benzene rings is 2. The molecule has 2 aromatic carbocycles. The first-order valence-electron chi connectivity index (χ1n) is 9.72. The number of hydrogen-bond donors (Lipinski definition) is 1.